The van der Waals surface area contributed by atoms with Gasteiger partial charge in [-0.3, -0.25) is 14.9 Å². The van der Waals surface area contributed by atoms with Gasteiger partial charge in [0.05, 0.1) is 11.9 Å². The van der Waals surface area contributed by atoms with E-state index in [1.807, 2.05) is 0 Å². The van der Waals surface area contributed by atoms with Crippen LogP contribution in [0.15, 0.2) is 24.4 Å². The van der Waals surface area contributed by atoms with Crippen LogP contribution in [0.2, 0.25) is 0 Å². The van der Waals surface area contributed by atoms with Gasteiger partial charge in [0, 0.05) is 35.9 Å². The van der Waals surface area contributed by atoms with Crippen molar-refractivity contribution in [3.8, 4) is 11.3 Å². The predicted octanol–water partition coefficient (Wildman–Crippen LogP) is 2.73. The average Bonchev–Trinajstić information content (AvgIpc) is 3.33. The summed E-state index contributed by atoms with van der Waals surface area (Å²) in [5.41, 5.74) is 1.12. The minimum Gasteiger partial charge on any atom is -0.342 e. The zero-order valence-corrected chi connectivity index (χ0v) is 14.4. The van der Waals surface area contributed by atoms with Gasteiger partial charge < -0.3 is 9.88 Å². The molecule has 1 aromatic heterocycles. The van der Waals surface area contributed by atoms with Crippen molar-refractivity contribution in [1.82, 2.24) is 14.9 Å². The number of aromatic amines is 1. The topological polar surface area (TPSA) is 92.1 Å². The number of aromatic nitrogens is 2. The molecule has 4 rings (SSSR count). The van der Waals surface area contributed by atoms with E-state index >= 15 is 0 Å². The first-order valence-electron chi connectivity index (χ1n) is 8.86. The lowest BCUT2D eigenvalue weighted by Gasteiger charge is -2.31. The Morgan fingerprint density at radius 2 is 2.00 bits per heavy atom. The van der Waals surface area contributed by atoms with E-state index in [1.165, 1.54) is 6.07 Å². The predicted molar refractivity (Wildman–Crippen MR) is 91.4 cm³/mol. The first kappa shape index (κ1) is 17.6. The highest BCUT2D eigenvalue weighted by atomic mass is 19.2. The third-order valence-corrected chi connectivity index (χ3v) is 5.36. The van der Waals surface area contributed by atoms with Gasteiger partial charge in [0.2, 0.25) is 11.9 Å². The standard InChI is InChI=1S/C18H18F2N4O3/c19-13-2-1-11(7-14(13)20)15-9-21-17(22-15)10-3-5-23(6-4-10)18(25)12-8-16(12)24(26)27/h1-2,7,9-10,12,16H,3-6,8H2,(H,21,22)/t12-,16-/m1/s1. The van der Waals surface area contributed by atoms with Gasteiger partial charge in [-0.05, 0) is 31.0 Å². The first-order chi connectivity index (χ1) is 12.9. The Balaban J connectivity index is 1.38. The van der Waals surface area contributed by atoms with Crippen LogP contribution >= 0.6 is 0 Å². The number of carbonyl (C=O) groups is 1. The molecule has 1 saturated carbocycles. The Labute approximate surface area is 153 Å². The lowest BCUT2D eigenvalue weighted by Crippen LogP contribution is -2.39. The van der Waals surface area contributed by atoms with Crippen molar-refractivity contribution in [3.63, 3.8) is 0 Å². The molecule has 0 spiro atoms. The number of halogens is 2. The van der Waals surface area contributed by atoms with E-state index in [-0.39, 0.29) is 16.7 Å². The summed E-state index contributed by atoms with van der Waals surface area (Å²) in [4.78, 5) is 31.9. The zero-order chi connectivity index (χ0) is 19.1. The average molecular weight is 376 g/mol. The molecule has 2 heterocycles. The number of H-pyrrole nitrogens is 1. The van der Waals surface area contributed by atoms with Crippen LogP contribution < -0.4 is 0 Å². The summed E-state index contributed by atoms with van der Waals surface area (Å²) in [6.07, 6.45) is 3.32. The van der Waals surface area contributed by atoms with Crippen LogP contribution in [0.1, 0.15) is 31.0 Å². The van der Waals surface area contributed by atoms with E-state index in [4.69, 9.17) is 0 Å². The molecule has 0 radical (unpaired) electrons. The Morgan fingerprint density at radius 1 is 1.26 bits per heavy atom. The number of nitro groups is 1. The van der Waals surface area contributed by atoms with E-state index in [0.717, 1.165) is 18.0 Å². The molecule has 1 amide bonds. The van der Waals surface area contributed by atoms with Crippen molar-refractivity contribution in [3.05, 3.63) is 52.0 Å². The highest BCUT2D eigenvalue weighted by molar-refractivity contribution is 5.82. The number of nitrogens with one attached hydrogen (secondary N) is 1. The highest BCUT2D eigenvalue weighted by Gasteiger charge is 2.54. The fraction of sp³-hybridized carbons (Fsp3) is 0.444. The molecule has 1 N–H and O–H groups in total. The summed E-state index contributed by atoms with van der Waals surface area (Å²) >= 11 is 0. The van der Waals surface area contributed by atoms with Crippen LogP contribution in [-0.2, 0) is 4.79 Å². The van der Waals surface area contributed by atoms with Gasteiger partial charge in [-0.25, -0.2) is 13.8 Å². The molecular weight excluding hydrogens is 358 g/mol. The molecule has 1 aliphatic carbocycles. The molecule has 2 aliphatic rings. The van der Waals surface area contributed by atoms with Gasteiger partial charge in [0.15, 0.2) is 11.6 Å². The number of rotatable bonds is 4. The number of hydrogen-bond donors (Lipinski definition) is 1. The Bertz CT molecular complexity index is 892. The fourth-order valence-corrected chi connectivity index (χ4v) is 3.64. The largest absolute Gasteiger partial charge is 0.342 e. The Hall–Kier alpha value is -2.84. The summed E-state index contributed by atoms with van der Waals surface area (Å²) in [7, 11) is 0. The maximum atomic E-state index is 13.4. The third-order valence-electron chi connectivity index (χ3n) is 5.36. The van der Waals surface area contributed by atoms with Gasteiger partial charge in [0.25, 0.3) is 0 Å². The molecule has 9 heteroatoms. The van der Waals surface area contributed by atoms with Crippen molar-refractivity contribution in [2.45, 2.75) is 31.2 Å². The van der Waals surface area contributed by atoms with Gasteiger partial charge in [0.1, 0.15) is 11.7 Å². The van der Waals surface area contributed by atoms with Gasteiger partial charge >= 0.3 is 0 Å². The van der Waals surface area contributed by atoms with Crippen LogP contribution in [0, 0.1) is 27.7 Å². The number of benzene rings is 1. The molecule has 1 aliphatic heterocycles. The highest BCUT2D eigenvalue weighted by Crippen LogP contribution is 2.36. The molecule has 2 aromatic rings. The molecule has 142 valence electrons. The van der Waals surface area contributed by atoms with Crippen molar-refractivity contribution in [2.75, 3.05) is 13.1 Å². The smallest absolute Gasteiger partial charge is 0.232 e. The normalized spacial score (nSPS) is 22.7. The second-order valence-corrected chi connectivity index (χ2v) is 7.11. The number of likely N-dealkylation sites (tertiary alicyclic amines) is 1. The van der Waals surface area contributed by atoms with E-state index < -0.39 is 23.6 Å². The number of amides is 1. The third kappa shape index (κ3) is 3.41. The summed E-state index contributed by atoms with van der Waals surface area (Å²) in [6, 6.07) is 2.96. The molecule has 1 saturated heterocycles. The molecule has 7 nitrogen and oxygen atoms in total. The molecule has 27 heavy (non-hydrogen) atoms. The van der Waals surface area contributed by atoms with Gasteiger partial charge in [-0.2, -0.15) is 0 Å². The van der Waals surface area contributed by atoms with Gasteiger partial charge in [-0.1, -0.05) is 0 Å². The summed E-state index contributed by atoms with van der Waals surface area (Å²) in [6.45, 7) is 1.07. The number of piperidine rings is 1. The quantitative estimate of drug-likeness (QED) is 0.656. The fourth-order valence-electron chi connectivity index (χ4n) is 3.64. The number of hydrogen-bond acceptors (Lipinski definition) is 4. The van der Waals surface area contributed by atoms with E-state index in [9.17, 15) is 23.7 Å². The molecule has 1 aromatic carbocycles. The number of nitrogens with zero attached hydrogens (tertiary/aromatic N) is 3. The Kier molecular flexibility index (Phi) is 4.37. The van der Waals surface area contributed by atoms with E-state index in [1.54, 1.807) is 11.1 Å². The van der Waals surface area contributed by atoms with Crippen LogP contribution in [0.5, 0.6) is 0 Å². The monoisotopic (exact) mass is 376 g/mol. The van der Waals surface area contributed by atoms with Crippen LogP contribution in [0.25, 0.3) is 11.3 Å². The lowest BCUT2D eigenvalue weighted by molar-refractivity contribution is -0.497. The zero-order valence-electron chi connectivity index (χ0n) is 14.4. The van der Waals surface area contributed by atoms with Crippen molar-refractivity contribution < 1.29 is 18.5 Å². The molecule has 0 bridgehead atoms. The molecule has 2 atom stereocenters. The molecule has 0 unspecified atom stereocenters. The molecular formula is C18H18F2N4O3. The summed E-state index contributed by atoms with van der Waals surface area (Å²) < 4.78 is 26.5. The van der Waals surface area contributed by atoms with Crippen LogP contribution in [0.4, 0.5) is 8.78 Å². The number of carbonyl (C=O) groups excluding carboxylic acids is 1. The second kappa shape index (κ2) is 6.71. The van der Waals surface area contributed by atoms with Crippen molar-refractivity contribution in [1.29, 1.82) is 0 Å². The minimum absolute atomic E-state index is 0.124. The minimum atomic E-state index is -0.913. The maximum Gasteiger partial charge on any atom is 0.232 e. The van der Waals surface area contributed by atoms with E-state index in [0.29, 0.717) is 43.6 Å². The molecule has 2 fully saturated rings. The van der Waals surface area contributed by atoms with E-state index in [2.05, 4.69) is 9.97 Å². The van der Waals surface area contributed by atoms with Crippen molar-refractivity contribution in [2.24, 2.45) is 5.92 Å². The van der Waals surface area contributed by atoms with Gasteiger partial charge in [-0.15, -0.1) is 0 Å². The second-order valence-electron chi connectivity index (χ2n) is 7.11. The van der Waals surface area contributed by atoms with Crippen molar-refractivity contribution >= 4 is 5.91 Å². The SMILES string of the molecule is O=C([C@@H]1C[C@H]1[N+](=O)[O-])N1CCC(c2ncc(-c3ccc(F)c(F)c3)[nH]2)CC1. The summed E-state index contributed by atoms with van der Waals surface area (Å²) in [5.74, 6) is -1.54. The van der Waals surface area contributed by atoms with Crippen LogP contribution in [0.3, 0.4) is 0 Å². The van der Waals surface area contributed by atoms with Crippen LogP contribution in [-0.4, -0.2) is 44.8 Å². The first-order valence-corrected chi connectivity index (χ1v) is 8.86. The summed E-state index contributed by atoms with van der Waals surface area (Å²) in [5, 5.41) is 10.7. The number of imidazole rings is 1. The maximum absolute atomic E-state index is 13.4. The Morgan fingerprint density at radius 3 is 2.63 bits per heavy atom. The lowest BCUT2D eigenvalue weighted by atomic mass is 9.96.